The molecule has 1 aliphatic rings. The van der Waals surface area contributed by atoms with Gasteiger partial charge in [0.2, 0.25) is 5.91 Å². The molecule has 9 heteroatoms. The predicted octanol–water partition coefficient (Wildman–Crippen LogP) is 2.52. The van der Waals surface area contributed by atoms with Gasteiger partial charge >= 0.3 is 0 Å². The van der Waals surface area contributed by atoms with Crippen LogP contribution in [0.4, 0.5) is 0 Å². The summed E-state index contributed by atoms with van der Waals surface area (Å²) < 4.78 is 4.63. The van der Waals surface area contributed by atoms with Crippen molar-refractivity contribution in [3.63, 3.8) is 0 Å². The highest BCUT2D eigenvalue weighted by Crippen LogP contribution is 2.33. The molecule has 27 heavy (non-hydrogen) atoms. The molecule has 0 atom stereocenters. The minimum atomic E-state index is -0.713. The molecule has 0 aromatic carbocycles. The SMILES string of the molecule is CC(C)c1nn(CC(=O)N[C@H]2C[C@](C)(O)C2)c(=O)c2cc3sc(Cl)cc3n12. The molecule has 0 bridgehead atoms. The lowest BCUT2D eigenvalue weighted by Crippen LogP contribution is -2.54. The van der Waals surface area contributed by atoms with Crippen molar-refractivity contribution in [2.24, 2.45) is 0 Å². The van der Waals surface area contributed by atoms with E-state index in [0.717, 1.165) is 10.2 Å². The summed E-state index contributed by atoms with van der Waals surface area (Å²) in [7, 11) is 0. The second-order valence-corrected chi connectivity index (χ2v) is 9.53. The number of aromatic nitrogens is 3. The molecule has 0 unspecified atom stereocenters. The summed E-state index contributed by atoms with van der Waals surface area (Å²) in [6.45, 7) is 5.59. The minimum absolute atomic E-state index is 0.0541. The monoisotopic (exact) mass is 408 g/mol. The van der Waals surface area contributed by atoms with Crippen molar-refractivity contribution in [3.05, 3.63) is 32.6 Å². The minimum Gasteiger partial charge on any atom is -0.390 e. The Bertz CT molecular complexity index is 1100. The third-order valence-electron chi connectivity index (χ3n) is 4.91. The first-order valence-electron chi connectivity index (χ1n) is 8.88. The normalized spacial score (nSPS) is 22.5. The number of halogens is 1. The highest BCUT2D eigenvalue weighted by molar-refractivity contribution is 7.22. The van der Waals surface area contributed by atoms with Crippen LogP contribution < -0.4 is 10.9 Å². The summed E-state index contributed by atoms with van der Waals surface area (Å²) in [5.74, 6) is 0.479. The van der Waals surface area contributed by atoms with Crippen molar-refractivity contribution in [3.8, 4) is 0 Å². The van der Waals surface area contributed by atoms with Gasteiger partial charge in [0.25, 0.3) is 5.56 Å². The molecule has 144 valence electrons. The lowest BCUT2D eigenvalue weighted by atomic mass is 9.77. The number of rotatable bonds is 4. The number of aliphatic hydroxyl groups is 1. The number of hydrogen-bond donors (Lipinski definition) is 2. The first-order chi connectivity index (χ1) is 12.6. The Balaban J connectivity index is 1.70. The van der Waals surface area contributed by atoms with Crippen LogP contribution in [0.25, 0.3) is 15.7 Å². The van der Waals surface area contributed by atoms with Gasteiger partial charge < -0.3 is 10.4 Å². The highest BCUT2D eigenvalue weighted by atomic mass is 35.5. The van der Waals surface area contributed by atoms with E-state index in [9.17, 15) is 14.7 Å². The number of thiophene rings is 1. The van der Waals surface area contributed by atoms with Gasteiger partial charge in [0, 0.05) is 12.0 Å². The van der Waals surface area contributed by atoms with Gasteiger partial charge in [-0.3, -0.25) is 14.0 Å². The quantitative estimate of drug-likeness (QED) is 0.694. The Morgan fingerprint density at radius 2 is 2.15 bits per heavy atom. The van der Waals surface area contributed by atoms with Crippen molar-refractivity contribution in [2.45, 2.75) is 57.7 Å². The lowest BCUT2D eigenvalue weighted by molar-refractivity contribution is -0.125. The van der Waals surface area contributed by atoms with Crippen molar-refractivity contribution in [2.75, 3.05) is 0 Å². The van der Waals surface area contributed by atoms with Crippen molar-refractivity contribution in [1.29, 1.82) is 0 Å². The van der Waals surface area contributed by atoms with Gasteiger partial charge in [-0.1, -0.05) is 25.4 Å². The third-order valence-corrected chi connectivity index (χ3v) is 6.11. The van der Waals surface area contributed by atoms with Gasteiger partial charge in [0.1, 0.15) is 17.9 Å². The fraction of sp³-hybridized carbons (Fsp3) is 0.500. The van der Waals surface area contributed by atoms with E-state index in [1.54, 1.807) is 13.0 Å². The van der Waals surface area contributed by atoms with E-state index >= 15 is 0 Å². The summed E-state index contributed by atoms with van der Waals surface area (Å²) in [5, 5.41) is 17.1. The van der Waals surface area contributed by atoms with Crippen molar-refractivity contribution < 1.29 is 9.90 Å². The van der Waals surface area contributed by atoms with Crippen molar-refractivity contribution in [1.82, 2.24) is 19.5 Å². The Morgan fingerprint density at radius 1 is 1.44 bits per heavy atom. The van der Waals surface area contributed by atoms with E-state index in [0.29, 0.717) is 28.5 Å². The maximum Gasteiger partial charge on any atom is 0.291 e. The van der Waals surface area contributed by atoms with Crippen LogP contribution in [0, 0.1) is 0 Å². The number of nitrogens with one attached hydrogen (secondary N) is 1. The number of carbonyl (C=O) groups is 1. The van der Waals surface area contributed by atoms with Gasteiger partial charge in [-0.25, -0.2) is 4.68 Å². The Morgan fingerprint density at radius 3 is 2.78 bits per heavy atom. The zero-order valence-electron chi connectivity index (χ0n) is 15.3. The van der Waals surface area contributed by atoms with Gasteiger partial charge in [0.05, 0.1) is 20.2 Å². The van der Waals surface area contributed by atoms with E-state index in [1.165, 1.54) is 16.0 Å². The van der Waals surface area contributed by atoms with Crippen LogP contribution in [0.3, 0.4) is 0 Å². The maximum atomic E-state index is 12.9. The molecule has 3 aromatic rings. The molecule has 3 heterocycles. The smallest absolute Gasteiger partial charge is 0.291 e. The van der Waals surface area contributed by atoms with Gasteiger partial charge in [0.15, 0.2) is 0 Å². The molecule has 0 aliphatic heterocycles. The molecule has 1 saturated carbocycles. The van der Waals surface area contributed by atoms with Crippen LogP contribution in [0.2, 0.25) is 4.34 Å². The number of nitrogens with zero attached hydrogens (tertiary/aromatic N) is 3. The van der Waals surface area contributed by atoms with E-state index < -0.39 is 5.60 Å². The number of hydrogen-bond acceptors (Lipinski definition) is 5. The molecule has 7 nitrogen and oxygen atoms in total. The van der Waals surface area contributed by atoms with Crippen LogP contribution in [-0.4, -0.2) is 36.8 Å². The second-order valence-electron chi connectivity index (χ2n) is 7.81. The Labute approximate surface area is 164 Å². The average molecular weight is 409 g/mol. The van der Waals surface area contributed by atoms with Gasteiger partial charge in [-0.2, -0.15) is 5.10 Å². The Hall–Kier alpha value is -1.90. The zero-order valence-corrected chi connectivity index (χ0v) is 16.9. The number of carbonyl (C=O) groups excluding carboxylic acids is 1. The fourth-order valence-electron chi connectivity index (χ4n) is 3.71. The first kappa shape index (κ1) is 18.5. The molecule has 2 N–H and O–H groups in total. The molecule has 0 spiro atoms. The van der Waals surface area contributed by atoms with Crippen LogP contribution in [0.15, 0.2) is 16.9 Å². The summed E-state index contributed by atoms with van der Waals surface area (Å²) in [6.07, 6.45) is 1.04. The molecule has 1 fully saturated rings. The molecule has 1 amide bonds. The molecule has 1 aliphatic carbocycles. The second kappa shape index (κ2) is 6.32. The zero-order chi connectivity index (χ0) is 19.5. The van der Waals surface area contributed by atoms with Gasteiger partial charge in [-0.15, -0.1) is 11.3 Å². The third kappa shape index (κ3) is 3.26. The highest BCUT2D eigenvalue weighted by Gasteiger charge is 2.39. The summed E-state index contributed by atoms with van der Waals surface area (Å²) in [6, 6.07) is 3.58. The molecule has 3 aromatic heterocycles. The first-order valence-corrected chi connectivity index (χ1v) is 10.1. The topological polar surface area (TPSA) is 88.6 Å². The number of amides is 1. The predicted molar refractivity (Wildman–Crippen MR) is 106 cm³/mol. The van der Waals surface area contributed by atoms with Crippen LogP contribution in [0.5, 0.6) is 0 Å². The summed E-state index contributed by atoms with van der Waals surface area (Å²) >= 11 is 7.53. The van der Waals surface area contributed by atoms with E-state index in [4.69, 9.17) is 11.6 Å². The van der Waals surface area contributed by atoms with E-state index in [-0.39, 0.29) is 30.0 Å². The average Bonchev–Trinajstić information content (AvgIpc) is 3.04. The summed E-state index contributed by atoms with van der Waals surface area (Å²) in [5.41, 5.74) is 0.331. The van der Waals surface area contributed by atoms with Gasteiger partial charge in [-0.05, 0) is 31.9 Å². The molecular weight excluding hydrogens is 388 g/mol. The van der Waals surface area contributed by atoms with E-state index in [2.05, 4.69) is 10.4 Å². The maximum absolute atomic E-state index is 12.9. The molecular formula is C18H21ClN4O3S. The standard InChI is InChI=1S/C18H21ClN4O3S/c1-9(2)16-21-22(8-15(24)20-10-6-18(3,26)7-10)17(25)12-4-13-11(23(12)16)5-14(19)27-13/h4-5,9-10,26H,6-8H2,1-3H3,(H,20,24)/t10-,18-. The van der Waals surface area contributed by atoms with E-state index in [1.807, 2.05) is 24.3 Å². The molecule has 4 rings (SSSR count). The van der Waals surface area contributed by atoms with Crippen molar-refractivity contribution >= 4 is 44.6 Å². The Kier molecular flexibility index (Phi) is 4.32. The lowest BCUT2D eigenvalue weighted by Gasteiger charge is -2.41. The van der Waals surface area contributed by atoms with Crippen LogP contribution >= 0.6 is 22.9 Å². The van der Waals surface area contributed by atoms with Crippen LogP contribution in [0.1, 0.15) is 45.4 Å². The fourth-order valence-corrected chi connectivity index (χ4v) is 4.87. The largest absolute Gasteiger partial charge is 0.390 e. The molecule has 0 saturated heterocycles. The van der Waals surface area contributed by atoms with Crippen LogP contribution in [-0.2, 0) is 11.3 Å². The molecule has 0 radical (unpaired) electrons. The summed E-state index contributed by atoms with van der Waals surface area (Å²) in [4.78, 5) is 25.2. The number of fused-ring (bicyclic) bond motifs is 3.